The minimum Gasteiger partial charge on any atom is -0.449 e. The molecule has 1 saturated heterocycles. The summed E-state index contributed by atoms with van der Waals surface area (Å²) in [5.74, 6) is -1.11. The van der Waals surface area contributed by atoms with Crippen LogP contribution in [0.25, 0.3) is 0 Å². The Morgan fingerprint density at radius 3 is 1.83 bits per heavy atom. The van der Waals surface area contributed by atoms with Crippen molar-refractivity contribution in [2.75, 3.05) is 0 Å². The summed E-state index contributed by atoms with van der Waals surface area (Å²) in [5.41, 5.74) is 0. The monoisotopic (exact) mass is 181 g/mol. The Labute approximate surface area is 70.3 Å². The summed E-state index contributed by atoms with van der Waals surface area (Å²) in [4.78, 5) is 0. The summed E-state index contributed by atoms with van der Waals surface area (Å²) in [7, 11) is 0. The van der Waals surface area contributed by atoms with Crippen LogP contribution in [0.2, 0.25) is 5.82 Å². The second-order valence-electron chi connectivity index (χ2n) is 3.61. The molecule has 72 valence electrons. The van der Waals surface area contributed by atoms with Crippen molar-refractivity contribution in [2.24, 2.45) is 0 Å². The predicted molar refractivity (Wildman–Crippen MR) is 42.1 cm³/mol. The van der Waals surface area contributed by atoms with E-state index >= 15 is 0 Å². The molecule has 0 aromatic carbocycles. The van der Waals surface area contributed by atoms with Gasteiger partial charge in [-0.15, -0.1) is 0 Å². The van der Waals surface area contributed by atoms with Gasteiger partial charge >= 0.3 is 6.98 Å². The van der Waals surface area contributed by atoms with Gasteiger partial charge in [0.05, 0.1) is 12.2 Å². The number of hydrogen-bond acceptors (Lipinski definition) is 1. The molecule has 0 saturated carbocycles. The highest BCUT2D eigenvalue weighted by molar-refractivity contribution is 6.60. The summed E-state index contributed by atoms with van der Waals surface area (Å²) in [6.45, 7) is -1.27. The first-order chi connectivity index (χ1) is 5.39. The van der Waals surface area contributed by atoms with Crippen LogP contribution in [-0.2, 0) is 4.74 Å². The van der Waals surface area contributed by atoms with Crippen LogP contribution in [-0.4, -0.2) is 19.2 Å². The summed E-state index contributed by atoms with van der Waals surface area (Å²) in [6, 6.07) is 0. The lowest BCUT2D eigenvalue weighted by Gasteiger charge is -2.37. The van der Waals surface area contributed by atoms with E-state index in [4.69, 9.17) is 4.74 Å². The van der Waals surface area contributed by atoms with Crippen LogP contribution >= 0.6 is 0 Å². The van der Waals surface area contributed by atoms with Gasteiger partial charge in [0, 0.05) is 0 Å². The molecule has 0 aromatic heterocycles. The van der Waals surface area contributed by atoms with Gasteiger partial charge in [-0.25, -0.2) is 0 Å². The normalized spacial score (nSPS) is 38.2. The van der Waals surface area contributed by atoms with Gasteiger partial charge in [0.2, 0.25) is 0 Å². The zero-order valence-electron chi connectivity index (χ0n) is 7.27. The minimum atomic E-state index is -4.67. The standard InChI is InChI=1S/C7H13BF3O/c1-5-3-7(8(9,10)11)4-6(2)12-5/h5-7H,3-4H2,1-2H3/q-1. The largest absolute Gasteiger partial charge is 0.481 e. The molecule has 0 aromatic rings. The highest BCUT2D eigenvalue weighted by atomic mass is 19.4. The second-order valence-corrected chi connectivity index (χ2v) is 3.61. The van der Waals surface area contributed by atoms with E-state index in [2.05, 4.69) is 0 Å². The Balaban J connectivity index is 2.55. The second kappa shape index (κ2) is 3.28. The molecule has 12 heavy (non-hydrogen) atoms. The first kappa shape index (κ1) is 9.90. The molecule has 1 heterocycles. The molecule has 0 bridgehead atoms. The van der Waals surface area contributed by atoms with Crippen LogP contribution in [0.5, 0.6) is 0 Å². The van der Waals surface area contributed by atoms with Gasteiger partial charge in [-0.3, -0.25) is 0 Å². The van der Waals surface area contributed by atoms with Crippen molar-refractivity contribution >= 4 is 6.98 Å². The lowest BCUT2D eigenvalue weighted by atomic mass is 9.66. The highest BCUT2D eigenvalue weighted by Crippen LogP contribution is 2.39. The summed E-state index contributed by atoms with van der Waals surface area (Å²) in [6.07, 6.45) is -0.230. The maximum atomic E-state index is 12.3. The molecule has 5 heteroatoms. The fourth-order valence-corrected chi connectivity index (χ4v) is 1.77. The van der Waals surface area contributed by atoms with Crippen LogP contribution in [0.15, 0.2) is 0 Å². The molecule has 2 unspecified atom stereocenters. The van der Waals surface area contributed by atoms with E-state index in [1.165, 1.54) is 0 Å². The van der Waals surface area contributed by atoms with E-state index in [9.17, 15) is 12.9 Å². The molecule has 2 atom stereocenters. The Morgan fingerprint density at radius 2 is 1.50 bits per heavy atom. The summed E-state index contributed by atoms with van der Waals surface area (Å²) in [5, 5.41) is 0. The molecule has 1 aliphatic heterocycles. The van der Waals surface area contributed by atoms with E-state index < -0.39 is 12.8 Å². The molecule has 0 N–H and O–H groups in total. The summed E-state index contributed by atoms with van der Waals surface area (Å²) < 4.78 is 42.1. The third kappa shape index (κ3) is 2.40. The van der Waals surface area contributed by atoms with Crippen LogP contribution in [0, 0.1) is 0 Å². The van der Waals surface area contributed by atoms with Gasteiger partial charge in [-0.05, 0) is 26.7 Å². The first-order valence-electron chi connectivity index (χ1n) is 4.25. The van der Waals surface area contributed by atoms with Crippen molar-refractivity contribution in [3.05, 3.63) is 0 Å². The first-order valence-corrected chi connectivity index (χ1v) is 4.25. The Hall–Kier alpha value is -0.185. The van der Waals surface area contributed by atoms with Gasteiger partial charge in [-0.1, -0.05) is 5.82 Å². The molecule has 1 aliphatic rings. The lowest BCUT2D eigenvalue weighted by Crippen LogP contribution is -2.36. The van der Waals surface area contributed by atoms with Crippen LogP contribution < -0.4 is 0 Å². The Morgan fingerprint density at radius 1 is 1.08 bits per heavy atom. The van der Waals surface area contributed by atoms with Gasteiger partial charge in [0.15, 0.2) is 0 Å². The van der Waals surface area contributed by atoms with Crippen molar-refractivity contribution in [1.82, 2.24) is 0 Å². The lowest BCUT2D eigenvalue weighted by molar-refractivity contribution is -0.0336. The maximum Gasteiger partial charge on any atom is 0.481 e. The average molecular weight is 181 g/mol. The van der Waals surface area contributed by atoms with Crippen molar-refractivity contribution < 1.29 is 17.7 Å². The SMILES string of the molecule is CC1CC([B-](F)(F)F)CC(C)O1. The average Bonchev–Trinajstić information content (AvgIpc) is 1.82. The molecule has 0 radical (unpaired) electrons. The number of rotatable bonds is 1. The van der Waals surface area contributed by atoms with E-state index in [0.29, 0.717) is 0 Å². The quantitative estimate of drug-likeness (QED) is 0.565. The molecule has 1 rings (SSSR count). The van der Waals surface area contributed by atoms with Crippen LogP contribution in [0.3, 0.4) is 0 Å². The molecule has 0 aliphatic carbocycles. The molecule has 1 nitrogen and oxygen atoms in total. The van der Waals surface area contributed by atoms with E-state index in [-0.39, 0.29) is 25.0 Å². The van der Waals surface area contributed by atoms with Gasteiger partial charge in [0.1, 0.15) is 0 Å². The van der Waals surface area contributed by atoms with Gasteiger partial charge in [-0.2, -0.15) is 0 Å². The smallest absolute Gasteiger partial charge is 0.449 e. The van der Waals surface area contributed by atoms with Crippen molar-refractivity contribution in [1.29, 1.82) is 0 Å². The number of halogens is 3. The highest BCUT2D eigenvalue weighted by Gasteiger charge is 2.39. The minimum absolute atomic E-state index is 0.133. The van der Waals surface area contributed by atoms with Crippen LogP contribution in [0.1, 0.15) is 26.7 Å². The topological polar surface area (TPSA) is 9.23 Å². The third-order valence-corrected chi connectivity index (χ3v) is 2.27. The van der Waals surface area contributed by atoms with Crippen molar-refractivity contribution in [2.45, 2.75) is 44.7 Å². The third-order valence-electron chi connectivity index (χ3n) is 2.27. The van der Waals surface area contributed by atoms with E-state index in [1.807, 2.05) is 0 Å². The number of hydrogen-bond donors (Lipinski definition) is 0. The fourth-order valence-electron chi connectivity index (χ4n) is 1.77. The Bertz CT molecular complexity index is 149. The van der Waals surface area contributed by atoms with Crippen LogP contribution in [0.4, 0.5) is 12.9 Å². The fraction of sp³-hybridized carbons (Fsp3) is 1.00. The Kier molecular flexibility index (Phi) is 2.71. The van der Waals surface area contributed by atoms with Gasteiger partial charge < -0.3 is 17.7 Å². The zero-order valence-corrected chi connectivity index (χ0v) is 7.27. The summed E-state index contributed by atoms with van der Waals surface area (Å²) >= 11 is 0. The van der Waals surface area contributed by atoms with Gasteiger partial charge in [0.25, 0.3) is 0 Å². The van der Waals surface area contributed by atoms with E-state index in [0.717, 1.165) is 0 Å². The molecular weight excluding hydrogens is 168 g/mol. The predicted octanol–water partition coefficient (Wildman–Crippen LogP) is 2.79. The van der Waals surface area contributed by atoms with Crippen molar-refractivity contribution in [3.63, 3.8) is 0 Å². The maximum absolute atomic E-state index is 12.3. The molecule has 0 amide bonds. The van der Waals surface area contributed by atoms with Crippen molar-refractivity contribution in [3.8, 4) is 0 Å². The van der Waals surface area contributed by atoms with E-state index in [1.54, 1.807) is 13.8 Å². The molecule has 0 spiro atoms. The molecular formula is C7H13BF3O-. The number of ether oxygens (including phenoxy) is 1. The molecule has 1 fully saturated rings. The zero-order chi connectivity index (χ0) is 9.35.